The molecule has 132 valence electrons. The lowest BCUT2D eigenvalue weighted by atomic mass is 10.1. The van der Waals surface area contributed by atoms with Crippen LogP contribution in [0.2, 0.25) is 0 Å². The van der Waals surface area contributed by atoms with Crippen LogP contribution in [0.15, 0.2) is 36.4 Å². The normalized spacial score (nSPS) is 13.2. The molecule has 1 aromatic heterocycles. The molecule has 0 aliphatic heterocycles. The Hall–Kier alpha value is -2.76. The second-order valence-electron chi connectivity index (χ2n) is 6.02. The number of nitrogens with zero attached hydrogens (tertiary/aromatic N) is 1. The van der Waals surface area contributed by atoms with Gasteiger partial charge in [0, 0.05) is 12.6 Å². The molecule has 25 heavy (non-hydrogen) atoms. The molecule has 1 aliphatic rings. The van der Waals surface area contributed by atoms with Gasteiger partial charge in [0.15, 0.2) is 11.5 Å². The van der Waals surface area contributed by atoms with Gasteiger partial charge in [-0.2, -0.15) is 0 Å². The Kier molecular flexibility index (Phi) is 5.38. The zero-order valence-corrected chi connectivity index (χ0v) is 14.5. The number of ether oxygens (including phenoxy) is 2. The maximum atomic E-state index is 12.3. The Bertz CT molecular complexity index is 744. The number of hydrogen-bond donors (Lipinski definition) is 2. The first-order chi connectivity index (χ1) is 12.2. The van der Waals surface area contributed by atoms with Crippen LogP contribution >= 0.6 is 0 Å². The summed E-state index contributed by atoms with van der Waals surface area (Å²) in [5.41, 5.74) is 1.49. The van der Waals surface area contributed by atoms with Gasteiger partial charge in [0.1, 0.15) is 11.5 Å². The highest BCUT2D eigenvalue weighted by Crippen LogP contribution is 2.27. The lowest BCUT2D eigenvalue weighted by Crippen LogP contribution is -2.26. The molecule has 1 aliphatic carbocycles. The van der Waals surface area contributed by atoms with E-state index in [1.165, 1.54) is 12.8 Å². The van der Waals surface area contributed by atoms with E-state index in [0.717, 1.165) is 11.4 Å². The van der Waals surface area contributed by atoms with Crippen LogP contribution in [0.1, 0.15) is 28.9 Å². The summed E-state index contributed by atoms with van der Waals surface area (Å²) in [6.07, 6.45) is 3.04. The lowest BCUT2D eigenvalue weighted by molar-refractivity contribution is 0.0949. The van der Waals surface area contributed by atoms with Gasteiger partial charge < -0.3 is 20.1 Å². The van der Waals surface area contributed by atoms with E-state index in [9.17, 15) is 4.79 Å². The number of rotatable bonds is 8. The number of amides is 1. The molecule has 1 aromatic carbocycles. The number of pyridine rings is 1. The average Bonchev–Trinajstić information content (AvgIpc) is 3.45. The molecule has 2 aromatic rings. The van der Waals surface area contributed by atoms with E-state index in [2.05, 4.69) is 15.6 Å². The van der Waals surface area contributed by atoms with Crippen molar-refractivity contribution in [1.29, 1.82) is 0 Å². The molecule has 0 unspecified atom stereocenters. The molecule has 0 bridgehead atoms. The molecule has 1 fully saturated rings. The molecule has 1 amide bonds. The molecule has 0 saturated heterocycles. The fourth-order valence-electron chi connectivity index (χ4n) is 2.53. The van der Waals surface area contributed by atoms with Gasteiger partial charge in [-0.25, -0.2) is 4.98 Å². The van der Waals surface area contributed by atoms with E-state index >= 15 is 0 Å². The molecule has 0 spiro atoms. The summed E-state index contributed by atoms with van der Waals surface area (Å²) < 4.78 is 10.5. The van der Waals surface area contributed by atoms with E-state index in [-0.39, 0.29) is 5.91 Å². The van der Waals surface area contributed by atoms with Gasteiger partial charge in [0.2, 0.25) is 0 Å². The Morgan fingerprint density at radius 3 is 2.68 bits per heavy atom. The average molecular weight is 341 g/mol. The zero-order chi connectivity index (χ0) is 17.6. The summed E-state index contributed by atoms with van der Waals surface area (Å²) in [5.74, 6) is 1.97. The van der Waals surface area contributed by atoms with Crippen molar-refractivity contribution in [3.8, 4) is 11.5 Å². The first kappa shape index (κ1) is 17.1. The smallest absolute Gasteiger partial charge is 0.269 e. The molecule has 6 heteroatoms. The van der Waals surface area contributed by atoms with Gasteiger partial charge in [-0.1, -0.05) is 12.1 Å². The first-order valence-corrected chi connectivity index (χ1v) is 8.42. The van der Waals surface area contributed by atoms with Gasteiger partial charge in [0.25, 0.3) is 5.91 Å². The summed E-state index contributed by atoms with van der Waals surface area (Å²) in [5, 5.41) is 6.21. The van der Waals surface area contributed by atoms with Gasteiger partial charge >= 0.3 is 0 Å². The van der Waals surface area contributed by atoms with Crippen LogP contribution in [0, 0.1) is 0 Å². The third kappa shape index (κ3) is 4.62. The Morgan fingerprint density at radius 1 is 1.16 bits per heavy atom. The van der Waals surface area contributed by atoms with Crippen LogP contribution in [-0.4, -0.2) is 37.7 Å². The van der Waals surface area contributed by atoms with Gasteiger partial charge in [-0.05, 0) is 49.1 Å². The highest BCUT2D eigenvalue weighted by molar-refractivity contribution is 5.92. The Balaban J connectivity index is 1.54. The van der Waals surface area contributed by atoms with Crippen LogP contribution in [0.4, 0.5) is 5.82 Å². The number of anilines is 1. The van der Waals surface area contributed by atoms with Crippen LogP contribution in [0.5, 0.6) is 11.5 Å². The molecule has 2 N–H and O–H groups in total. The van der Waals surface area contributed by atoms with Gasteiger partial charge in [-0.15, -0.1) is 0 Å². The minimum absolute atomic E-state index is 0.167. The third-order valence-corrected chi connectivity index (χ3v) is 4.06. The second kappa shape index (κ2) is 7.88. The van der Waals surface area contributed by atoms with Crippen molar-refractivity contribution < 1.29 is 14.3 Å². The summed E-state index contributed by atoms with van der Waals surface area (Å²) in [7, 11) is 3.22. The topological polar surface area (TPSA) is 72.5 Å². The summed E-state index contributed by atoms with van der Waals surface area (Å²) in [6, 6.07) is 11.7. The number of nitrogens with one attached hydrogen (secondary N) is 2. The van der Waals surface area contributed by atoms with Crippen molar-refractivity contribution in [3.63, 3.8) is 0 Å². The molecule has 0 radical (unpaired) electrons. The van der Waals surface area contributed by atoms with Crippen molar-refractivity contribution in [1.82, 2.24) is 10.3 Å². The minimum Gasteiger partial charge on any atom is -0.493 e. The zero-order valence-electron chi connectivity index (χ0n) is 14.5. The van der Waals surface area contributed by atoms with Crippen LogP contribution in [-0.2, 0) is 6.42 Å². The van der Waals surface area contributed by atoms with Gasteiger partial charge in [-0.3, -0.25) is 4.79 Å². The van der Waals surface area contributed by atoms with Crippen LogP contribution in [0.25, 0.3) is 0 Å². The highest BCUT2D eigenvalue weighted by atomic mass is 16.5. The highest BCUT2D eigenvalue weighted by Gasteiger charge is 2.21. The van der Waals surface area contributed by atoms with Crippen LogP contribution in [0.3, 0.4) is 0 Å². The standard InChI is InChI=1S/C19H23N3O3/c1-24-16-9-6-13(12-17(16)25-2)10-11-20-19(23)15-4-3-5-18(22-15)21-14-7-8-14/h3-6,9,12,14H,7-8,10-11H2,1-2H3,(H,20,23)(H,21,22). The quantitative estimate of drug-likeness (QED) is 0.772. The second-order valence-corrected chi connectivity index (χ2v) is 6.02. The SMILES string of the molecule is COc1ccc(CCNC(=O)c2cccc(NC3CC3)n2)cc1OC. The number of aromatic nitrogens is 1. The molecule has 6 nitrogen and oxygen atoms in total. The first-order valence-electron chi connectivity index (χ1n) is 8.42. The fourth-order valence-corrected chi connectivity index (χ4v) is 2.53. The molecule has 1 saturated carbocycles. The predicted octanol–water partition coefficient (Wildman–Crippen LogP) is 2.65. The number of benzene rings is 1. The van der Waals surface area contributed by atoms with E-state index in [4.69, 9.17) is 9.47 Å². The number of carbonyl (C=O) groups is 1. The minimum atomic E-state index is -0.167. The maximum absolute atomic E-state index is 12.3. The van der Waals surface area contributed by atoms with E-state index in [1.807, 2.05) is 30.3 Å². The largest absolute Gasteiger partial charge is 0.493 e. The van der Waals surface area contributed by atoms with Crippen molar-refractivity contribution in [2.24, 2.45) is 0 Å². The number of methoxy groups -OCH3 is 2. The summed E-state index contributed by atoms with van der Waals surface area (Å²) in [6.45, 7) is 0.524. The van der Waals surface area contributed by atoms with E-state index in [0.29, 0.717) is 36.2 Å². The Morgan fingerprint density at radius 2 is 1.96 bits per heavy atom. The van der Waals surface area contributed by atoms with Crippen molar-refractivity contribution in [2.75, 3.05) is 26.1 Å². The third-order valence-electron chi connectivity index (χ3n) is 4.06. The summed E-state index contributed by atoms with van der Waals surface area (Å²) >= 11 is 0. The van der Waals surface area contributed by atoms with Gasteiger partial charge in [0.05, 0.1) is 14.2 Å². The van der Waals surface area contributed by atoms with E-state index < -0.39 is 0 Å². The summed E-state index contributed by atoms with van der Waals surface area (Å²) in [4.78, 5) is 16.6. The molecule has 3 rings (SSSR count). The van der Waals surface area contributed by atoms with Crippen molar-refractivity contribution >= 4 is 11.7 Å². The van der Waals surface area contributed by atoms with Crippen molar-refractivity contribution in [2.45, 2.75) is 25.3 Å². The fraction of sp³-hybridized carbons (Fsp3) is 0.368. The van der Waals surface area contributed by atoms with E-state index in [1.54, 1.807) is 20.3 Å². The lowest BCUT2D eigenvalue weighted by Gasteiger charge is -2.10. The van der Waals surface area contributed by atoms with Crippen LogP contribution < -0.4 is 20.1 Å². The molecule has 0 atom stereocenters. The van der Waals surface area contributed by atoms with Crippen molar-refractivity contribution in [3.05, 3.63) is 47.7 Å². The molecule has 1 heterocycles. The molecular formula is C19H23N3O3. The monoisotopic (exact) mass is 341 g/mol. The molecular weight excluding hydrogens is 318 g/mol. The maximum Gasteiger partial charge on any atom is 0.269 e. The Labute approximate surface area is 147 Å². The number of hydrogen-bond acceptors (Lipinski definition) is 5. The predicted molar refractivity (Wildman–Crippen MR) is 96.5 cm³/mol. The number of carbonyl (C=O) groups excluding carboxylic acids is 1.